The zero-order valence-corrected chi connectivity index (χ0v) is 8.87. The molecule has 0 radical (unpaired) electrons. The fourth-order valence-corrected chi connectivity index (χ4v) is 1.59. The lowest BCUT2D eigenvalue weighted by Gasteiger charge is -2.08. The van der Waals surface area contributed by atoms with E-state index in [4.69, 9.17) is 5.73 Å². The Kier molecular flexibility index (Phi) is 2.89. The van der Waals surface area contributed by atoms with Crippen molar-refractivity contribution in [1.29, 1.82) is 0 Å². The van der Waals surface area contributed by atoms with Crippen molar-refractivity contribution < 1.29 is 0 Å². The van der Waals surface area contributed by atoms with E-state index in [-0.39, 0.29) is 0 Å². The van der Waals surface area contributed by atoms with Gasteiger partial charge in [0.2, 0.25) is 0 Å². The van der Waals surface area contributed by atoms with Crippen molar-refractivity contribution in [3.63, 3.8) is 0 Å². The quantitative estimate of drug-likeness (QED) is 0.824. The topological polar surface area (TPSA) is 43.8 Å². The van der Waals surface area contributed by atoms with E-state index in [2.05, 4.69) is 41.5 Å². The molecule has 0 unspecified atom stereocenters. The maximum Gasteiger partial charge on any atom is 0.123 e. The third-order valence-corrected chi connectivity index (χ3v) is 2.01. The van der Waals surface area contributed by atoms with Crippen LogP contribution >= 0.6 is 22.6 Å². The van der Waals surface area contributed by atoms with Gasteiger partial charge in [0, 0.05) is 12.6 Å². The summed E-state index contributed by atoms with van der Waals surface area (Å²) >= 11 is 2.20. The van der Waals surface area contributed by atoms with E-state index in [0.717, 1.165) is 9.39 Å². The Morgan fingerprint density at radius 1 is 1.73 bits per heavy atom. The lowest BCUT2D eigenvalue weighted by molar-refractivity contribution is 0.507. The first-order valence-corrected chi connectivity index (χ1v) is 4.67. The van der Waals surface area contributed by atoms with Gasteiger partial charge in [0.05, 0.1) is 5.69 Å². The van der Waals surface area contributed by atoms with Crippen LogP contribution in [-0.4, -0.2) is 9.78 Å². The number of nitrogens with zero attached hydrogens (tertiary/aromatic N) is 2. The summed E-state index contributed by atoms with van der Waals surface area (Å²) in [4.78, 5) is 0. The molecule has 0 spiro atoms. The highest BCUT2D eigenvalue weighted by Gasteiger charge is 2.06. The fourth-order valence-electron chi connectivity index (χ4n) is 0.999. The van der Waals surface area contributed by atoms with E-state index < -0.39 is 0 Å². The fraction of sp³-hybridized carbons (Fsp3) is 0.571. The minimum atomic E-state index is 0.400. The van der Waals surface area contributed by atoms with Gasteiger partial charge in [0.1, 0.15) is 3.70 Å². The van der Waals surface area contributed by atoms with Gasteiger partial charge in [-0.05, 0) is 42.5 Å². The maximum atomic E-state index is 5.54. The lowest BCUT2D eigenvalue weighted by atomic mass is 10.3. The smallest absolute Gasteiger partial charge is 0.123 e. The molecule has 0 aromatic carbocycles. The van der Waals surface area contributed by atoms with Crippen molar-refractivity contribution in [2.75, 3.05) is 0 Å². The average Bonchev–Trinajstić information content (AvgIpc) is 2.30. The predicted molar refractivity (Wildman–Crippen MR) is 53.2 cm³/mol. The maximum absolute atomic E-state index is 5.54. The third-order valence-electron chi connectivity index (χ3n) is 1.48. The van der Waals surface area contributed by atoms with Gasteiger partial charge in [-0.25, -0.2) is 0 Å². The summed E-state index contributed by atoms with van der Waals surface area (Å²) in [6.07, 6.45) is 0. The van der Waals surface area contributed by atoms with E-state index in [1.54, 1.807) is 0 Å². The van der Waals surface area contributed by atoms with Crippen molar-refractivity contribution in [2.24, 2.45) is 5.73 Å². The molecule has 2 N–H and O–H groups in total. The molecule has 1 heterocycles. The molecule has 0 atom stereocenters. The van der Waals surface area contributed by atoms with Crippen molar-refractivity contribution in [3.05, 3.63) is 15.5 Å². The minimum absolute atomic E-state index is 0.400. The zero-order chi connectivity index (χ0) is 8.43. The molecular formula is C7H12IN3. The second-order valence-electron chi connectivity index (χ2n) is 2.70. The Balaban J connectivity index is 3.02. The average molecular weight is 265 g/mol. The zero-order valence-electron chi connectivity index (χ0n) is 6.71. The van der Waals surface area contributed by atoms with Gasteiger partial charge in [-0.1, -0.05) is 0 Å². The van der Waals surface area contributed by atoms with Gasteiger partial charge >= 0.3 is 0 Å². The van der Waals surface area contributed by atoms with Crippen LogP contribution in [0.25, 0.3) is 0 Å². The molecule has 11 heavy (non-hydrogen) atoms. The van der Waals surface area contributed by atoms with E-state index >= 15 is 0 Å². The van der Waals surface area contributed by atoms with Gasteiger partial charge in [-0.15, -0.1) is 0 Å². The summed E-state index contributed by atoms with van der Waals surface area (Å²) in [5.41, 5.74) is 6.64. The Morgan fingerprint density at radius 2 is 2.36 bits per heavy atom. The van der Waals surface area contributed by atoms with E-state index in [1.165, 1.54) is 0 Å². The molecule has 1 aromatic rings. The monoisotopic (exact) mass is 265 g/mol. The second-order valence-corrected chi connectivity index (χ2v) is 3.81. The number of aromatic nitrogens is 2. The molecule has 1 rings (SSSR count). The van der Waals surface area contributed by atoms with Crippen molar-refractivity contribution in [1.82, 2.24) is 9.78 Å². The largest absolute Gasteiger partial charge is 0.325 e. The van der Waals surface area contributed by atoms with Crippen LogP contribution in [0.4, 0.5) is 0 Å². The van der Waals surface area contributed by atoms with Crippen LogP contribution in [0.1, 0.15) is 25.6 Å². The molecule has 4 heteroatoms. The molecule has 3 nitrogen and oxygen atoms in total. The third kappa shape index (κ3) is 1.93. The van der Waals surface area contributed by atoms with Crippen molar-refractivity contribution in [2.45, 2.75) is 26.4 Å². The molecule has 0 amide bonds. The normalized spacial score (nSPS) is 11.0. The Bertz CT molecular complexity index is 242. The highest BCUT2D eigenvalue weighted by Crippen LogP contribution is 2.11. The summed E-state index contributed by atoms with van der Waals surface area (Å²) in [6, 6.07) is 2.41. The molecule has 0 bridgehead atoms. The van der Waals surface area contributed by atoms with Crippen LogP contribution in [0.15, 0.2) is 6.07 Å². The van der Waals surface area contributed by atoms with E-state index in [0.29, 0.717) is 12.6 Å². The number of halogens is 1. The van der Waals surface area contributed by atoms with Crippen LogP contribution in [-0.2, 0) is 6.54 Å². The standard InChI is InChI=1S/C7H12IN3/c1-5(2)11-6(4-9)3-7(8)10-11/h3,5H,4,9H2,1-2H3. The van der Waals surface area contributed by atoms with Gasteiger partial charge in [-0.2, -0.15) is 5.10 Å². The first kappa shape index (κ1) is 8.99. The Hall–Kier alpha value is -0.100. The molecule has 0 aliphatic rings. The Labute approximate surface area is 80.1 Å². The SMILES string of the molecule is CC(C)n1nc(I)cc1CN. The lowest BCUT2D eigenvalue weighted by Crippen LogP contribution is -2.10. The van der Waals surface area contributed by atoms with Gasteiger partial charge in [0.15, 0.2) is 0 Å². The molecule has 0 aliphatic heterocycles. The van der Waals surface area contributed by atoms with Crippen molar-refractivity contribution >= 4 is 22.6 Å². The number of nitrogens with two attached hydrogens (primary N) is 1. The summed E-state index contributed by atoms with van der Waals surface area (Å²) in [7, 11) is 0. The highest BCUT2D eigenvalue weighted by molar-refractivity contribution is 14.1. The summed E-state index contributed by atoms with van der Waals surface area (Å²) in [5.74, 6) is 0. The van der Waals surface area contributed by atoms with Gasteiger partial charge < -0.3 is 5.73 Å². The summed E-state index contributed by atoms with van der Waals surface area (Å²) in [5, 5.41) is 4.30. The number of hydrogen-bond donors (Lipinski definition) is 1. The van der Waals surface area contributed by atoms with Crippen LogP contribution in [0.2, 0.25) is 0 Å². The number of rotatable bonds is 2. The second kappa shape index (κ2) is 3.53. The van der Waals surface area contributed by atoms with E-state index in [1.807, 2.05) is 10.7 Å². The summed E-state index contributed by atoms with van der Waals surface area (Å²) < 4.78 is 2.97. The first-order valence-electron chi connectivity index (χ1n) is 3.59. The summed E-state index contributed by atoms with van der Waals surface area (Å²) in [6.45, 7) is 4.76. The molecule has 0 saturated carbocycles. The van der Waals surface area contributed by atoms with E-state index in [9.17, 15) is 0 Å². The Morgan fingerprint density at radius 3 is 2.73 bits per heavy atom. The molecular weight excluding hydrogens is 253 g/mol. The highest BCUT2D eigenvalue weighted by atomic mass is 127. The van der Waals surface area contributed by atoms with Crippen LogP contribution in [0, 0.1) is 3.70 Å². The first-order chi connectivity index (χ1) is 5.15. The molecule has 1 aromatic heterocycles. The van der Waals surface area contributed by atoms with Gasteiger partial charge in [-0.3, -0.25) is 4.68 Å². The van der Waals surface area contributed by atoms with Crippen LogP contribution in [0.3, 0.4) is 0 Å². The van der Waals surface area contributed by atoms with Crippen molar-refractivity contribution in [3.8, 4) is 0 Å². The minimum Gasteiger partial charge on any atom is -0.325 e. The molecule has 0 aliphatic carbocycles. The van der Waals surface area contributed by atoms with Crippen LogP contribution < -0.4 is 5.73 Å². The van der Waals surface area contributed by atoms with Crippen LogP contribution in [0.5, 0.6) is 0 Å². The number of hydrogen-bond acceptors (Lipinski definition) is 2. The molecule has 0 fully saturated rings. The molecule has 0 saturated heterocycles. The van der Waals surface area contributed by atoms with Gasteiger partial charge in [0.25, 0.3) is 0 Å². The molecule has 62 valence electrons. The predicted octanol–water partition coefficient (Wildman–Crippen LogP) is 1.53.